The minimum absolute atomic E-state index is 0.0220. The van der Waals surface area contributed by atoms with E-state index in [9.17, 15) is 14.9 Å². The minimum atomic E-state index is -0.450. The third-order valence-electron chi connectivity index (χ3n) is 2.97. The summed E-state index contributed by atoms with van der Waals surface area (Å²) in [6, 6.07) is 4.54. The van der Waals surface area contributed by atoms with E-state index in [4.69, 9.17) is 11.6 Å². The lowest BCUT2D eigenvalue weighted by Crippen LogP contribution is -2.31. The van der Waals surface area contributed by atoms with Gasteiger partial charge in [-0.2, -0.15) is 0 Å². The predicted molar refractivity (Wildman–Crippen MR) is 69.0 cm³/mol. The molecule has 0 saturated carbocycles. The maximum absolute atomic E-state index is 11.9. The fourth-order valence-electron chi connectivity index (χ4n) is 2.04. The van der Waals surface area contributed by atoms with Gasteiger partial charge in [0, 0.05) is 30.2 Å². The number of benzene rings is 1. The van der Waals surface area contributed by atoms with Crippen molar-refractivity contribution >= 4 is 28.9 Å². The largest absolute Gasteiger partial charge is 0.312 e. The summed E-state index contributed by atoms with van der Waals surface area (Å²) in [6.45, 7) is 2.51. The smallest absolute Gasteiger partial charge is 0.269 e. The Bertz CT molecular complexity index is 504. The number of halogens is 1. The second kappa shape index (κ2) is 4.94. The number of anilines is 1. The van der Waals surface area contributed by atoms with Crippen LogP contribution >= 0.6 is 11.6 Å². The Hall–Kier alpha value is -1.62. The monoisotopic (exact) mass is 268 g/mol. The number of amides is 1. The molecule has 6 heteroatoms. The van der Waals surface area contributed by atoms with E-state index in [1.165, 1.54) is 12.1 Å². The number of rotatable bonds is 4. The molecule has 1 atom stereocenters. The van der Waals surface area contributed by atoms with Gasteiger partial charge in [-0.05, 0) is 17.5 Å². The lowest BCUT2D eigenvalue weighted by Gasteiger charge is -2.20. The van der Waals surface area contributed by atoms with Gasteiger partial charge in [-0.25, -0.2) is 0 Å². The fraction of sp³-hybridized carbons (Fsp3) is 0.417. The lowest BCUT2D eigenvalue weighted by molar-refractivity contribution is -0.384. The quantitative estimate of drug-likeness (QED) is 0.478. The topological polar surface area (TPSA) is 63.5 Å². The Morgan fingerprint density at radius 2 is 2.28 bits per heavy atom. The van der Waals surface area contributed by atoms with Gasteiger partial charge in [0.15, 0.2) is 0 Å². The van der Waals surface area contributed by atoms with Crippen molar-refractivity contribution in [2.75, 3.05) is 17.3 Å². The van der Waals surface area contributed by atoms with Gasteiger partial charge >= 0.3 is 0 Å². The maximum atomic E-state index is 11.9. The van der Waals surface area contributed by atoms with Gasteiger partial charge in [-0.1, -0.05) is 6.92 Å². The van der Waals surface area contributed by atoms with Gasteiger partial charge in [0.2, 0.25) is 5.91 Å². The Balaban J connectivity index is 2.29. The molecule has 1 aliphatic rings. The van der Waals surface area contributed by atoms with Crippen LogP contribution < -0.4 is 4.90 Å². The number of fused-ring (bicyclic) bond motifs is 1. The number of nitro groups is 1. The molecule has 1 amide bonds. The van der Waals surface area contributed by atoms with Crippen molar-refractivity contribution in [1.29, 1.82) is 0 Å². The number of hydrogen-bond donors (Lipinski definition) is 0. The van der Waals surface area contributed by atoms with E-state index in [1.807, 2.05) is 6.92 Å². The molecule has 0 saturated heterocycles. The highest BCUT2D eigenvalue weighted by Gasteiger charge is 2.29. The first-order valence-electron chi connectivity index (χ1n) is 5.66. The highest BCUT2D eigenvalue weighted by atomic mass is 35.5. The van der Waals surface area contributed by atoms with Gasteiger partial charge in [0.1, 0.15) is 0 Å². The molecule has 5 nitrogen and oxygen atoms in total. The summed E-state index contributed by atoms with van der Waals surface area (Å²) in [7, 11) is 0. The molecule has 0 bridgehead atoms. The standard InChI is InChI=1S/C12H13ClN2O3/c1-8(6-13)7-14-11-3-2-10(15(17)18)4-9(11)5-12(14)16/h2-4,8H,5-7H2,1H3. The first-order chi connectivity index (χ1) is 8.52. The van der Waals surface area contributed by atoms with Crippen LogP contribution in [0.4, 0.5) is 11.4 Å². The summed E-state index contributed by atoms with van der Waals surface area (Å²) in [5, 5.41) is 10.7. The second-order valence-corrected chi connectivity index (χ2v) is 4.82. The lowest BCUT2D eigenvalue weighted by atomic mass is 10.1. The molecule has 1 heterocycles. The molecule has 1 unspecified atom stereocenters. The van der Waals surface area contributed by atoms with Crippen molar-refractivity contribution in [2.24, 2.45) is 5.92 Å². The maximum Gasteiger partial charge on any atom is 0.269 e. The van der Waals surface area contributed by atoms with E-state index >= 15 is 0 Å². The first-order valence-corrected chi connectivity index (χ1v) is 6.20. The molecule has 18 heavy (non-hydrogen) atoms. The van der Waals surface area contributed by atoms with E-state index in [-0.39, 0.29) is 23.9 Å². The van der Waals surface area contributed by atoms with Crippen molar-refractivity contribution < 1.29 is 9.72 Å². The SMILES string of the molecule is CC(CCl)CN1C(=O)Cc2cc([N+](=O)[O-])ccc21. The van der Waals surface area contributed by atoms with Crippen LogP contribution in [-0.4, -0.2) is 23.3 Å². The fourth-order valence-corrected chi connectivity index (χ4v) is 2.14. The highest BCUT2D eigenvalue weighted by molar-refractivity contribution is 6.18. The molecule has 0 radical (unpaired) electrons. The highest BCUT2D eigenvalue weighted by Crippen LogP contribution is 2.32. The minimum Gasteiger partial charge on any atom is -0.312 e. The molecule has 1 aliphatic heterocycles. The second-order valence-electron chi connectivity index (χ2n) is 4.51. The van der Waals surface area contributed by atoms with Gasteiger partial charge in [0.25, 0.3) is 5.69 Å². The van der Waals surface area contributed by atoms with E-state index in [0.717, 1.165) is 11.3 Å². The van der Waals surface area contributed by atoms with Crippen molar-refractivity contribution in [3.8, 4) is 0 Å². The summed E-state index contributed by atoms with van der Waals surface area (Å²) in [6.07, 6.45) is 0.228. The average Bonchev–Trinajstić information content (AvgIpc) is 2.64. The van der Waals surface area contributed by atoms with E-state index in [1.54, 1.807) is 11.0 Å². The van der Waals surface area contributed by atoms with Crippen LogP contribution in [0.5, 0.6) is 0 Å². The third-order valence-corrected chi connectivity index (χ3v) is 3.49. The van der Waals surface area contributed by atoms with Crippen LogP contribution in [0.15, 0.2) is 18.2 Å². The van der Waals surface area contributed by atoms with Crippen LogP contribution in [0.2, 0.25) is 0 Å². The molecule has 0 aromatic heterocycles. The van der Waals surface area contributed by atoms with Gasteiger partial charge in [0.05, 0.1) is 11.3 Å². The number of nitro benzene ring substituents is 1. The Morgan fingerprint density at radius 1 is 1.56 bits per heavy atom. The number of carbonyl (C=O) groups is 1. The van der Waals surface area contributed by atoms with Crippen molar-refractivity contribution in [2.45, 2.75) is 13.3 Å². The van der Waals surface area contributed by atoms with E-state index in [2.05, 4.69) is 0 Å². The Labute approximate surface area is 109 Å². The molecule has 96 valence electrons. The van der Waals surface area contributed by atoms with Gasteiger partial charge < -0.3 is 4.90 Å². The zero-order valence-corrected chi connectivity index (χ0v) is 10.7. The molecule has 0 spiro atoms. The Kier molecular flexibility index (Phi) is 3.52. The van der Waals surface area contributed by atoms with Crippen LogP contribution in [0, 0.1) is 16.0 Å². The summed E-state index contributed by atoms with van der Waals surface area (Å²) in [4.78, 5) is 23.8. The van der Waals surface area contributed by atoms with Crippen molar-refractivity contribution in [3.05, 3.63) is 33.9 Å². The normalized spacial score (nSPS) is 15.7. The Morgan fingerprint density at radius 3 is 2.89 bits per heavy atom. The van der Waals surface area contributed by atoms with Crippen LogP contribution in [0.1, 0.15) is 12.5 Å². The van der Waals surface area contributed by atoms with E-state index < -0.39 is 4.92 Å². The molecule has 0 N–H and O–H groups in total. The molecule has 1 aromatic carbocycles. The van der Waals surface area contributed by atoms with Crippen molar-refractivity contribution in [3.63, 3.8) is 0 Å². The van der Waals surface area contributed by atoms with Crippen molar-refractivity contribution in [1.82, 2.24) is 0 Å². The van der Waals surface area contributed by atoms with Crippen LogP contribution in [0.25, 0.3) is 0 Å². The number of hydrogen-bond acceptors (Lipinski definition) is 3. The molecular formula is C12H13ClN2O3. The molecule has 2 rings (SSSR count). The first kappa shape index (κ1) is 12.8. The average molecular weight is 269 g/mol. The zero-order valence-electron chi connectivity index (χ0n) is 9.93. The predicted octanol–water partition coefficient (Wildman–Crippen LogP) is 2.36. The summed E-state index contributed by atoms with van der Waals surface area (Å²) in [5.74, 6) is 0.644. The van der Waals surface area contributed by atoms with Gasteiger partial charge in [-0.3, -0.25) is 14.9 Å². The number of carbonyl (C=O) groups excluding carboxylic acids is 1. The number of alkyl halides is 1. The summed E-state index contributed by atoms with van der Waals surface area (Å²) >= 11 is 5.74. The summed E-state index contributed by atoms with van der Waals surface area (Å²) in [5.41, 5.74) is 1.51. The molecule has 1 aromatic rings. The zero-order chi connectivity index (χ0) is 13.3. The van der Waals surface area contributed by atoms with Gasteiger partial charge in [-0.15, -0.1) is 11.6 Å². The number of non-ortho nitro benzene ring substituents is 1. The summed E-state index contributed by atoms with van der Waals surface area (Å²) < 4.78 is 0. The number of nitrogens with zero attached hydrogens (tertiary/aromatic N) is 2. The molecule has 0 fully saturated rings. The van der Waals surface area contributed by atoms with E-state index in [0.29, 0.717) is 12.4 Å². The third kappa shape index (κ3) is 2.31. The molecule has 0 aliphatic carbocycles. The van der Waals surface area contributed by atoms with Crippen LogP contribution in [-0.2, 0) is 11.2 Å². The molecular weight excluding hydrogens is 256 g/mol. The van der Waals surface area contributed by atoms with Crippen LogP contribution in [0.3, 0.4) is 0 Å².